The lowest BCUT2D eigenvalue weighted by molar-refractivity contribution is 0.108. The maximum Gasteiger partial charge on any atom is 0.150 e. The van der Waals surface area contributed by atoms with Gasteiger partial charge in [-0.1, -0.05) is 24.8 Å². The summed E-state index contributed by atoms with van der Waals surface area (Å²) in [6, 6.07) is 18.9. The van der Waals surface area contributed by atoms with Crippen LogP contribution >= 0.6 is 0 Å². The van der Waals surface area contributed by atoms with E-state index in [1.807, 2.05) is 42.5 Å². The highest BCUT2D eigenvalue weighted by molar-refractivity contribution is 5.84. The Morgan fingerprint density at radius 3 is 2.64 bits per heavy atom. The monoisotopic (exact) mass is 368 g/mol. The van der Waals surface area contributed by atoms with Crippen molar-refractivity contribution < 1.29 is 9.53 Å². The molecule has 3 aromatic rings. The lowest BCUT2D eigenvalue weighted by Crippen LogP contribution is -2.03. The molecule has 2 aromatic carbocycles. The molecule has 0 bridgehead atoms. The van der Waals surface area contributed by atoms with Gasteiger partial charge in [0.25, 0.3) is 0 Å². The molecular weight excluding hydrogens is 348 g/mol. The van der Waals surface area contributed by atoms with Gasteiger partial charge in [-0.3, -0.25) is 9.78 Å². The van der Waals surface area contributed by atoms with Crippen molar-refractivity contribution in [3.8, 4) is 17.2 Å². The zero-order valence-electron chi connectivity index (χ0n) is 15.6. The van der Waals surface area contributed by atoms with Gasteiger partial charge in [-0.25, -0.2) is 0 Å². The van der Waals surface area contributed by atoms with Gasteiger partial charge < -0.3 is 4.74 Å². The minimum Gasteiger partial charge on any atom is -0.376 e. The third-order valence-electron chi connectivity index (χ3n) is 4.65. The summed E-state index contributed by atoms with van der Waals surface area (Å²) >= 11 is 0. The molecule has 0 saturated carbocycles. The van der Waals surface area contributed by atoms with E-state index < -0.39 is 0 Å². The maximum absolute atomic E-state index is 11.5. The van der Waals surface area contributed by atoms with Gasteiger partial charge >= 0.3 is 0 Å². The Bertz CT molecular complexity index is 1040. The Morgan fingerprint density at radius 1 is 1.21 bits per heavy atom. The molecule has 0 aliphatic rings. The minimum absolute atomic E-state index is 0.162. The molecule has 0 N–H and O–H groups in total. The first-order valence-electron chi connectivity index (χ1n) is 8.87. The van der Waals surface area contributed by atoms with E-state index in [1.54, 1.807) is 31.6 Å². The van der Waals surface area contributed by atoms with Crippen LogP contribution in [0.1, 0.15) is 39.6 Å². The molecule has 1 unspecified atom stereocenters. The number of carbonyl (C=O) groups excluding carboxylic acids is 1. The molecule has 1 heterocycles. The number of methoxy groups -OCH3 is 1. The summed E-state index contributed by atoms with van der Waals surface area (Å²) in [7, 11) is 1.66. The van der Waals surface area contributed by atoms with Gasteiger partial charge in [0.1, 0.15) is 6.29 Å². The molecule has 138 valence electrons. The Kier molecular flexibility index (Phi) is 6.11. The molecule has 0 spiro atoms. The topological polar surface area (TPSA) is 63.0 Å². The van der Waals surface area contributed by atoms with Gasteiger partial charge in [0.15, 0.2) is 0 Å². The van der Waals surface area contributed by atoms with E-state index in [1.165, 1.54) is 0 Å². The van der Waals surface area contributed by atoms with E-state index in [0.29, 0.717) is 17.5 Å². The molecule has 4 nitrogen and oxygen atoms in total. The fraction of sp³-hybridized carbons (Fsp3) is 0.125. The Hall–Kier alpha value is -3.55. The van der Waals surface area contributed by atoms with Crippen molar-refractivity contribution in [1.82, 2.24) is 4.98 Å². The van der Waals surface area contributed by atoms with Crippen molar-refractivity contribution in [2.24, 2.45) is 0 Å². The largest absolute Gasteiger partial charge is 0.376 e. The van der Waals surface area contributed by atoms with Crippen molar-refractivity contribution in [2.45, 2.75) is 12.5 Å². The summed E-state index contributed by atoms with van der Waals surface area (Å²) in [5.41, 5.74) is 5.43. The van der Waals surface area contributed by atoms with E-state index in [4.69, 9.17) is 4.74 Å². The van der Waals surface area contributed by atoms with E-state index >= 15 is 0 Å². The zero-order chi connectivity index (χ0) is 19.9. The second-order valence-corrected chi connectivity index (χ2v) is 6.43. The fourth-order valence-electron chi connectivity index (χ4n) is 3.17. The summed E-state index contributed by atoms with van der Waals surface area (Å²) < 4.78 is 5.64. The number of ether oxygens (including phenoxy) is 1. The van der Waals surface area contributed by atoms with Gasteiger partial charge in [0, 0.05) is 31.5 Å². The molecular formula is C24H20N2O2. The first kappa shape index (κ1) is 19.2. The molecule has 28 heavy (non-hydrogen) atoms. The molecule has 0 saturated heterocycles. The van der Waals surface area contributed by atoms with Crippen molar-refractivity contribution >= 4 is 11.9 Å². The Balaban J connectivity index is 1.96. The number of nitriles is 1. The third kappa shape index (κ3) is 4.22. The highest BCUT2D eigenvalue weighted by Crippen LogP contribution is 2.32. The molecule has 0 fully saturated rings. The van der Waals surface area contributed by atoms with Crippen LogP contribution < -0.4 is 0 Å². The number of benzene rings is 2. The Labute approximate surface area is 164 Å². The van der Waals surface area contributed by atoms with E-state index in [9.17, 15) is 10.1 Å². The zero-order valence-corrected chi connectivity index (χ0v) is 15.6. The Morgan fingerprint density at radius 2 is 1.96 bits per heavy atom. The first-order chi connectivity index (χ1) is 13.7. The van der Waals surface area contributed by atoms with Crippen LogP contribution in [0, 0.1) is 11.3 Å². The van der Waals surface area contributed by atoms with E-state index in [0.717, 1.165) is 34.1 Å². The normalized spacial score (nSPS) is 11.4. The van der Waals surface area contributed by atoms with Crippen LogP contribution in [0.3, 0.4) is 0 Å². The third-order valence-corrected chi connectivity index (χ3v) is 4.65. The molecule has 3 rings (SSSR count). The summed E-state index contributed by atoms with van der Waals surface area (Å²) in [5.74, 6) is 0. The predicted molar refractivity (Wildman–Crippen MR) is 110 cm³/mol. The van der Waals surface area contributed by atoms with Gasteiger partial charge in [-0.2, -0.15) is 5.26 Å². The number of aromatic nitrogens is 1. The molecule has 0 radical (unpaired) electrons. The molecule has 4 heteroatoms. The van der Waals surface area contributed by atoms with Crippen LogP contribution in [-0.4, -0.2) is 18.4 Å². The molecule has 1 atom stereocenters. The molecule has 0 aliphatic heterocycles. The lowest BCUT2D eigenvalue weighted by Gasteiger charge is -2.18. The van der Waals surface area contributed by atoms with Crippen molar-refractivity contribution in [3.05, 3.63) is 95.8 Å². The maximum atomic E-state index is 11.5. The summed E-state index contributed by atoms with van der Waals surface area (Å²) in [6.07, 6.45) is 4.68. The average molecular weight is 368 g/mol. The fourth-order valence-corrected chi connectivity index (χ4v) is 3.17. The number of rotatable bonds is 7. The van der Waals surface area contributed by atoms with Crippen LogP contribution in [0.15, 0.2) is 73.6 Å². The van der Waals surface area contributed by atoms with Crippen LogP contribution in [0.25, 0.3) is 16.7 Å². The number of carbonyl (C=O) groups is 1. The summed E-state index contributed by atoms with van der Waals surface area (Å²) in [5, 5.41) is 9.40. The number of nitrogens with zero attached hydrogens (tertiary/aromatic N) is 2. The van der Waals surface area contributed by atoms with Gasteiger partial charge in [0.2, 0.25) is 0 Å². The lowest BCUT2D eigenvalue weighted by atomic mass is 9.92. The second-order valence-electron chi connectivity index (χ2n) is 6.43. The van der Waals surface area contributed by atoms with E-state index in [-0.39, 0.29) is 6.10 Å². The predicted octanol–water partition coefficient (Wildman–Crippen LogP) is 5.22. The SMILES string of the molecule is C=C(CC(OC)c1ccncc1)c1cc(C=O)cc(-c2ccccc2C#N)c1. The number of hydrogen-bond acceptors (Lipinski definition) is 4. The number of hydrogen-bond donors (Lipinski definition) is 0. The van der Waals surface area contributed by atoms with Crippen LogP contribution in [0.4, 0.5) is 0 Å². The van der Waals surface area contributed by atoms with Crippen molar-refractivity contribution in [2.75, 3.05) is 7.11 Å². The summed E-state index contributed by atoms with van der Waals surface area (Å²) in [4.78, 5) is 15.5. The smallest absolute Gasteiger partial charge is 0.150 e. The second kappa shape index (κ2) is 8.90. The standard InChI is InChI=1S/C24H20N2O2/c1-17(11-24(28-2)19-7-9-26-10-8-19)21-12-18(16-27)13-22(14-21)23-6-4-3-5-20(23)15-25/h3-10,12-14,16,24H,1,11H2,2H3. The van der Waals surface area contributed by atoms with Crippen molar-refractivity contribution in [1.29, 1.82) is 5.26 Å². The number of aldehydes is 1. The van der Waals surface area contributed by atoms with Crippen molar-refractivity contribution in [3.63, 3.8) is 0 Å². The molecule has 0 aliphatic carbocycles. The number of pyridine rings is 1. The average Bonchev–Trinajstić information content (AvgIpc) is 2.77. The van der Waals surface area contributed by atoms with Gasteiger partial charge in [-0.05, 0) is 64.2 Å². The highest BCUT2D eigenvalue weighted by atomic mass is 16.5. The van der Waals surface area contributed by atoms with Crippen LogP contribution in [0.5, 0.6) is 0 Å². The summed E-state index contributed by atoms with van der Waals surface area (Å²) in [6.45, 7) is 4.21. The first-order valence-corrected chi connectivity index (χ1v) is 8.87. The van der Waals surface area contributed by atoms with Gasteiger partial charge in [0.05, 0.1) is 17.7 Å². The minimum atomic E-state index is -0.162. The van der Waals surface area contributed by atoms with Crippen LogP contribution in [0.2, 0.25) is 0 Å². The molecule has 0 amide bonds. The molecule has 1 aromatic heterocycles. The quantitative estimate of drug-likeness (QED) is 0.536. The van der Waals surface area contributed by atoms with Crippen LogP contribution in [-0.2, 0) is 4.74 Å². The van der Waals surface area contributed by atoms with E-state index in [2.05, 4.69) is 17.6 Å². The highest BCUT2D eigenvalue weighted by Gasteiger charge is 2.15. The van der Waals surface area contributed by atoms with Gasteiger partial charge in [-0.15, -0.1) is 0 Å².